The molecule has 2 aromatic rings. The fourth-order valence-electron chi connectivity index (χ4n) is 2.92. The van der Waals surface area contributed by atoms with Crippen molar-refractivity contribution < 1.29 is 0 Å². The highest BCUT2D eigenvalue weighted by Gasteiger charge is 2.16. The first kappa shape index (κ1) is 15.4. The number of hydrogen-bond donors (Lipinski definition) is 0. The summed E-state index contributed by atoms with van der Waals surface area (Å²) in [6, 6.07) is 6.85. The maximum absolute atomic E-state index is 5.95. The van der Waals surface area contributed by atoms with Gasteiger partial charge in [0.05, 0.1) is 11.0 Å². The summed E-state index contributed by atoms with van der Waals surface area (Å²) in [5, 5.41) is 0. The van der Waals surface area contributed by atoms with Crippen LogP contribution in [0.3, 0.4) is 0 Å². The smallest absolute Gasteiger partial charge is 0.111 e. The van der Waals surface area contributed by atoms with Gasteiger partial charge in [-0.1, -0.05) is 38.3 Å². The second-order valence-electron chi connectivity index (χ2n) is 5.62. The Morgan fingerprint density at radius 3 is 2.80 bits per heavy atom. The number of para-hydroxylation sites is 1. The van der Waals surface area contributed by atoms with E-state index in [0.717, 1.165) is 17.8 Å². The topological polar surface area (TPSA) is 17.8 Å². The van der Waals surface area contributed by atoms with Gasteiger partial charge in [-0.05, 0) is 31.9 Å². The molecule has 1 heterocycles. The van der Waals surface area contributed by atoms with Crippen LogP contribution in [0.15, 0.2) is 18.2 Å². The van der Waals surface area contributed by atoms with Crippen LogP contribution in [-0.2, 0) is 6.42 Å². The number of fused-ring (bicyclic) bond motifs is 1. The zero-order valence-electron chi connectivity index (χ0n) is 12.8. The molecule has 0 N–H and O–H groups in total. The van der Waals surface area contributed by atoms with E-state index in [1.165, 1.54) is 36.8 Å². The summed E-state index contributed by atoms with van der Waals surface area (Å²) in [5.74, 6) is 1.76. The summed E-state index contributed by atoms with van der Waals surface area (Å²) in [4.78, 5) is 4.79. The fraction of sp³-hybridized carbons (Fsp3) is 0.588. The van der Waals surface area contributed by atoms with E-state index in [0.29, 0.717) is 11.9 Å². The minimum atomic E-state index is 0.492. The van der Waals surface area contributed by atoms with Gasteiger partial charge in [-0.3, -0.25) is 0 Å². The number of nitrogens with zero attached hydrogens (tertiary/aromatic N) is 2. The van der Waals surface area contributed by atoms with Crippen LogP contribution in [0.5, 0.6) is 0 Å². The van der Waals surface area contributed by atoms with Crippen LogP contribution in [-0.4, -0.2) is 15.4 Å². The van der Waals surface area contributed by atoms with Gasteiger partial charge in [-0.25, -0.2) is 4.98 Å². The van der Waals surface area contributed by atoms with E-state index in [9.17, 15) is 0 Å². The average Bonchev–Trinajstić information content (AvgIpc) is 2.79. The molecule has 1 aromatic heterocycles. The number of rotatable bonds is 7. The molecule has 2 rings (SSSR count). The Labute approximate surface area is 127 Å². The van der Waals surface area contributed by atoms with Crippen LogP contribution in [0.2, 0.25) is 0 Å². The summed E-state index contributed by atoms with van der Waals surface area (Å²) in [6.07, 6.45) is 5.91. The van der Waals surface area contributed by atoms with E-state index in [-0.39, 0.29) is 0 Å². The average molecular weight is 293 g/mol. The van der Waals surface area contributed by atoms with E-state index in [1.54, 1.807) is 0 Å². The van der Waals surface area contributed by atoms with Crippen LogP contribution in [0.25, 0.3) is 11.0 Å². The second kappa shape index (κ2) is 7.12. The number of unbranched alkanes of at least 4 members (excludes halogenated alkanes) is 2. The summed E-state index contributed by atoms with van der Waals surface area (Å²) in [7, 11) is 0. The van der Waals surface area contributed by atoms with Crippen molar-refractivity contribution in [3.05, 3.63) is 29.6 Å². The summed E-state index contributed by atoms with van der Waals surface area (Å²) in [6.45, 7) is 6.73. The van der Waals surface area contributed by atoms with E-state index in [1.807, 2.05) is 0 Å². The first-order valence-corrected chi connectivity index (χ1v) is 8.24. The van der Waals surface area contributed by atoms with Crippen LogP contribution < -0.4 is 0 Å². The first-order valence-electron chi connectivity index (χ1n) is 7.71. The Kier molecular flexibility index (Phi) is 5.47. The largest absolute Gasteiger partial charge is 0.325 e. The van der Waals surface area contributed by atoms with Crippen molar-refractivity contribution >= 4 is 22.6 Å². The van der Waals surface area contributed by atoms with Crippen molar-refractivity contribution in [3.8, 4) is 0 Å². The molecule has 0 saturated carbocycles. The normalized spacial score (nSPS) is 13.0. The van der Waals surface area contributed by atoms with E-state index < -0.39 is 0 Å². The highest BCUT2D eigenvalue weighted by atomic mass is 35.5. The SMILES string of the molecule is CCCCCC(C)n1c(CCCl)nc2cccc(C)c21. The van der Waals surface area contributed by atoms with Gasteiger partial charge in [0.25, 0.3) is 0 Å². The molecule has 0 bridgehead atoms. The van der Waals surface area contributed by atoms with Crippen LogP contribution in [0.4, 0.5) is 0 Å². The van der Waals surface area contributed by atoms with E-state index in [2.05, 4.69) is 43.5 Å². The highest BCUT2D eigenvalue weighted by Crippen LogP contribution is 2.27. The third-order valence-corrected chi connectivity index (χ3v) is 4.16. The Bertz CT molecular complexity index is 559. The molecule has 0 aliphatic rings. The van der Waals surface area contributed by atoms with Crippen molar-refractivity contribution in [3.63, 3.8) is 0 Å². The van der Waals surface area contributed by atoms with Gasteiger partial charge in [-0.15, -0.1) is 11.6 Å². The molecule has 20 heavy (non-hydrogen) atoms. The number of halogens is 1. The number of benzene rings is 1. The van der Waals surface area contributed by atoms with Gasteiger partial charge < -0.3 is 4.57 Å². The van der Waals surface area contributed by atoms with Crippen molar-refractivity contribution in [2.45, 2.75) is 58.9 Å². The third kappa shape index (κ3) is 3.17. The van der Waals surface area contributed by atoms with Gasteiger partial charge in [-0.2, -0.15) is 0 Å². The van der Waals surface area contributed by atoms with Gasteiger partial charge in [0.15, 0.2) is 0 Å². The van der Waals surface area contributed by atoms with E-state index in [4.69, 9.17) is 16.6 Å². The molecule has 0 aliphatic heterocycles. The first-order chi connectivity index (χ1) is 9.69. The summed E-state index contributed by atoms with van der Waals surface area (Å²) < 4.78 is 2.42. The quantitative estimate of drug-likeness (QED) is 0.502. The number of hydrogen-bond acceptors (Lipinski definition) is 1. The molecule has 0 fully saturated rings. The molecular formula is C17H25ClN2. The van der Waals surface area contributed by atoms with Gasteiger partial charge in [0.2, 0.25) is 0 Å². The van der Waals surface area contributed by atoms with Crippen molar-refractivity contribution in [2.75, 3.05) is 5.88 Å². The number of alkyl halides is 1. The van der Waals surface area contributed by atoms with Crippen molar-refractivity contribution in [1.82, 2.24) is 9.55 Å². The van der Waals surface area contributed by atoms with Crippen molar-refractivity contribution in [2.24, 2.45) is 0 Å². The maximum atomic E-state index is 5.95. The fourth-order valence-corrected chi connectivity index (χ4v) is 3.09. The van der Waals surface area contributed by atoms with Gasteiger partial charge >= 0.3 is 0 Å². The van der Waals surface area contributed by atoms with Gasteiger partial charge in [0, 0.05) is 18.3 Å². The zero-order chi connectivity index (χ0) is 14.5. The van der Waals surface area contributed by atoms with Crippen LogP contribution in [0, 0.1) is 6.92 Å². The molecule has 0 amide bonds. The zero-order valence-corrected chi connectivity index (χ0v) is 13.6. The Balaban J connectivity index is 2.39. The lowest BCUT2D eigenvalue weighted by Crippen LogP contribution is -2.10. The number of imidazole rings is 1. The third-order valence-electron chi connectivity index (χ3n) is 3.97. The standard InChI is InChI=1S/C17H25ClN2/c1-4-5-6-9-14(3)20-16(11-12-18)19-15-10-7-8-13(2)17(15)20/h7-8,10,14H,4-6,9,11-12H2,1-3H3. The molecule has 3 heteroatoms. The Morgan fingerprint density at radius 2 is 2.10 bits per heavy atom. The Hall–Kier alpha value is -1.02. The number of aromatic nitrogens is 2. The molecule has 0 saturated heterocycles. The highest BCUT2D eigenvalue weighted by molar-refractivity contribution is 6.17. The van der Waals surface area contributed by atoms with Crippen LogP contribution in [0.1, 0.15) is 57.0 Å². The summed E-state index contributed by atoms with van der Waals surface area (Å²) in [5.41, 5.74) is 3.70. The molecule has 0 radical (unpaired) electrons. The lowest BCUT2D eigenvalue weighted by Gasteiger charge is -2.18. The maximum Gasteiger partial charge on any atom is 0.111 e. The minimum Gasteiger partial charge on any atom is -0.325 e. The minimum absolute atomic E-state index is 0.492. The van der Waals surface area contributed by atoms with E-state index >= 15 is 0 Å². The Morgan fingerprint density at radius 1 is 1.30 bits per heavy atom. The van der Waals surface area contributed by atoms with Gasteiger partial charge in [0.1, 0.15) is 5.82 Å². The molecular weight excluding hydrogens is 268 g/mol. The molecule has 110 valence electrons. The molecule has 2 nitrogen and oxygen atoms in total. The van der Waals surface area contributed by atoms with Crippen molar-refractivity contribution in [1.29, 1.82) is 0 Å². The molecule has 1 atom stereocenters. The predicted octanol–water partition coefficient (Wildman–Crippen LogP) is 5.27. The molecule has 1 aromatic carbocycles. The predicted molar refractivity (Wildman–Crippen MR) is 87.7 cm³/mol. The molecule has 0 spiro atoms. The molecule has 0 aliphatic carbocycles. The molecule has 1 unspecified atom stereocenters. The summed E-state index contributed by atoms with van der Waals surface area (Å²) >= 11 is 5.95. The van der Waals surface area contributed by atoms with Crippen LogP contribution >= 0.6 is 11.6 Å². The monoisotopic (exact) mass is 292 g/mol. The second-order valence-corrected chi connectivity index (χ2v) is 6.00. The number of aryl methyl sites for hydroxylation is 2. The lowest BCUT2D eigenvalue weighted by molar-refractivity contribution is 0.474. The lowest BCUT2D eigenvalue weighted by atomic mass is 10.1.